The highest BCUT2D eigenvalue weighted by atomic mass is 35.5. The molecule has 0 aliphatic rings. The van der Waals surface area contributed by atoms with Crippen LogP contribution in [0.5, 0.6) is 0 Å². The van der Waals surface area contributed by atoms with Crippen molar-refractivity contribution >= 4 is 17.4 Å². The third-order valence-electron chi connectivity index (χ3n) is 4.08. The number of rotatable bonds is 6. The summed E-state index contributed by atoms with van der Waals surface area (Å²) in [6.45, 7) is -0.0792. The fourth-order valence-corrected chi connectivity index (χ4v) is 3.05. The zero-order valence-electron chi connectivity index (χ0n) is 13.7. The van der Waals surface area contributed by atoms with Crippen LogP contribution >= 0.6 is 11.6 Å². The van der Waals surface area contributed by atoms with Gasteiger partial charge >= 0.3 is 0 Å². The van der Waals surface area contributed by atoms with E-state index in [0.717, 1.165) is 27.8 Å². The van der Waals surface area contributed by atoms with E-state index in [1.54, 1.807) is 18.5 Å². The van der Waals surface area contributed by atoms with Gasteiger partial charge in [-0.15, -0.1) is 0 Å². The molecule has 0 atom stereocenters. The Kier molecular flexibility index (Phi) is 5.59. The van der Waals surface area contributed by atoms with Crippen LogP contribution < -0.4 is 0 Å². The van der Waals surface area contributed by atoms with E-state index in [1.165, 1.54) is 0 Å². The molecule has 3 aromatic rings. The van der Waals surface area contributed by atoms with Crippen molar-refractivity contribution in [3.05, 3.63) is 88.7 Å². The molecular formula is C21H18ClNO2. The molecule has 0 aliphatic heterocycles. The normalized spacial score (nSPS) is 10.6. The molecule has 0 aliphatic carbocycles. The summed E-state index contributed by atoms with van der Waals surface area (Å²) in [5.74, 6) is 0.0913. The van der Waals surface area contributed by atoms with Gasteiger partial charge in [-0.25, -0.2) is 0 Å². The average molecular weight is 352 g/mol. The Hall–Kier alpha value is -2.49. The molecule has 1 N–H and O–H groups in total. The lowest BCUT2D eigenvalue weighted by Gasteiger charge is -2.10. The lowest BCUT2D eigenvalue weighted by atomic mass is 9.95. The smallest absolute Gasteiger partial charge is 0.141 e. The molecule has 1 heterocycles. The van der Waals surface area contributed by atoms with Crippen LogP contribution in [0.2, 0.25) is 5.02 Å². The Morgan fingerprint density at radius 2 is 1.72 bits per heavy atom. The Morgan fingerprint density at radius 3 is 2.44 bits per heavy atom. The van der Waals surface area contributed by atoms with E-state index < -0.39 is 0 Å². The summed E-state index contributed by atoms with van der Waals surface area (Å²) in [5, 5.41) is 10.3. The number of hydrogen-bond donors (Lipinski definition) is 1. The number of aromatic nitrogens is 1. The lowest BCUT2D eigenvalue weighted by molar-refractivity contribution is -0.117. The van der Waals surface area contributed by atoms with Crippen molar-refractivity contribution in [2.45, 2.75) is 19.4 Å². The maximum atomic E-state index is 12.4. The first-order chi connectivity index (χ1) is 12.2. The van der Waals surface area contributed by atoms with Crippen LogP contribution in [0.25, 0.3) is 11.1 Å². The third kappa shape index (κ3) is 4.32. The maximum Gasteiger partial charge on any atom is 0.141 e. The van der Waals surface area contributed by atoms with Gasteiger partial charge in [0.15, 0.2) is 0 Å². The number of Topliss-reactive ketones (excluding diaryl/α,β-unsaturated/α-hetero) is 1. The van der Waals surface area contributed by atoms with E-state index in [4.69, 9.17) is 11.6 Å². The van der Waals surface area contributed by atoms with Gasteiger partial charge in [-0.1, -0.05) is 48.0 Å². The van der Waals surface area contributed by atoms with Gasteiger partial charge in [0, 0.05) is 30.3 Å². The highest BCUT2D eigenvalue weighted by Crippen LogP contribution is 2.25. The second-order valence-electron chi connectivity index (χ2n) is 5.87. The van der Waals surface area contributed by atoms with Gasteiger partial charge < -0.3 is 5.11 Å². The van der Waals surface area contributed by atoms with Crippen molar-refractivity contribution in [2.75, 3.05) is 0 Å². The summed E-state index contributed by atoms with van der Waals surface area (Å²) in [6, 6.07) is 16.9. The van der Waals surface area contributed by atoms with Crippen molar-refractivity contribution in [1.82, 2.24) is 4.98 Å². The van der Waals surface area contributed by atoms with Gasteiger partial charge in [0.1, 0.15) is 5.78 Å². The highest BCUT2D eigenvalue weighted by Gasteiger charge is 2.11. The molecule has 126 valence electrons. The molecule has 0 amide bonds. The number of ketones is 1. The maximum absolute atomic E-state index is 12.4. The van der Waals surface area contributed by atoms with Crippen LogP contribution in [0, 0.1) is 0 Å². The molecule has 0 radical (unpaired) electrons. The van der Waals surface area contributed by atoms with Gasteiger partial charge in [0.05, 0.1) is 6.61 Å². The van der Waals surface area contributed by atoms with Crippen LogP contribution in [-0.2, 0) is 24.2 Å². The topological polar surface area (TPSA) is 50.2 Å². The Morgan fingerprint density at radius 1 is 0.960 bits per heavy atom. The molecule has 3 rings (SSSR count). The molecular weight excluding hydrogens is 334 g/mol. The summed E-state index contributed by atoms with van der Waals surface area (Å²) in [6.07, 6.45) is 4.06. The number of aliphatic hydroxyl groups excluding tert-OH is 1. The fourth-order valence-electron chi connectivity index (χ4n) is 2.85. The molecule has 25 heavy (non-hydrogen) atoms. The summed E-state index contributed by atoms with van der Waals surface area (Å²) in [4.78, 5) is 16.4. The van der Waals surface area contributed by atoms with E-state index in [0.29, 0.717) is 17.9 Å². The number of aliphatic hydroxyl groups is 1. The number of carbonyl (C=O) groups is 1. The molecule has 4 heteroatoms. The largest absolute Gasteiger partial charge is 0.392 e. The van der Waals surface area contributed by atoms with Crippen LogP contribution in [0.1, 0.15) is 16.7 Å². The van der Waals surface area contributed by atoms with Crippen LogP contribution in [0.3, 0.4) is 0 Å². The minimum absolute atomic E-state index is 0.0792. The molecule has 0 fully saturated rings. The second kappa shape index (κ2) is 8.06. The van der Waals surface area contributed by atoms with Crippen LogP contribution in [0.4, 0.5) is 0 Å². The minimum Gasteiger partial charge on any atom is -0.392 e. The molecule has 2 aromatic carbocycles. The Bertz CT molecular complexity index is 878. The van der Waals surface area contributed by atoms with Crippen molar-refractivity contribution in [3.63, 3.8) is 0 Å². The van der Waals surface area contributed by atoms with E-state index >= 15 is 0 Å². The summed E-state index contributed by atoms with van der Waals surface area (Å²) in [7, 11) is 0. The lowest BCUT2D eigenvalue weighted by Crippen LogP contribution is -2.07. The van der Waals surface area contributed by atoms with Gasteiger partial charge in [-0.2, -0.15) is 0 Å². The summed E-state index contributed by atoms with van der Waals surface area (Å²) >= 11 is 6.12. The van der Waals surface area contributed by atoms with Crippen molar-refractivity contribution < 1.29 is 9.90 Å². The van der Waals surface area contributed by atoms with Crippen molar-refractivity contribution in [1.29, 1.82) is 0 Å². The predicted molar refractivity (Wildman–Crippen MR) is 99.5 cm³/mol. The third-order valence-corrected chi connectivity index (χ3v) is 4.45. The Labute approximate surface area is 151 Å². The van der Waals surface area contributed by atoms with Gasteiger partial charge in [0.25, 0.3) is 0 Å². The number of nitrogens with zero attached hydrogens (tertiary/aromatic N) is 1. The SMILES string of the molecule is O=C(Cc1ccc(-c2ccncc2)c(CO)c1)Cc1ccccc1Cl. The van der Waals surface area contributed by atoms with E-state index in [9.17, 15) is 9.90 Å². The number of pyridine rings is 1. The Balaban J connectivity index is 1.77. The molecule has 3 nitrogen and oxygen atoms in total. The average Bonchev–Trinajstić information content (AvgIpc) is 2.64. The molecule has 0 saturated carbocycles. The van der Waals surface area contributed by atoms with Gasteiger partial charge in [-0.05, 0) is 46.0 Å². The monoisotopic (exact) mass is 351 g/mol. The van der Waals surface area contributed by atoms with Gasteiger partial charge in [-0.3, -0.25) is 9.78 Å². The first kappa shape index (κ1) is 17.3. The van der Waals surface area contributed by atoms with Crippen LogP contribution in [-0.4, -0.2) is 15.9 Å². The number of benzene rings is 2. The van der Waals surface area contributed by atoms with E-state index in [1.807, 2.05) is 48.5 Å². The molecule has 0 spiro atoms. The minimum atomic E-state index is -0.0792. The summed E-state index contributed by atoms with van der Waals surface area (Å²) in [5.41, 5.74) is 4.47. The quantitative estimate of drug-likeness (QED) is 0.722. The molecule has 0 saturated heterocycles. The molecule has 0 bridgehead atoms. The number of halogens is 1. The second-order valence-corrected chi connectivity index (χ2v) is 6.28. The van der Waals surface area contributed by atoms with E-state index in [-0.39, 0.29) is 12.4 Å². The zero-order chi connectivity index (χ0) is 17.6. The highest BCUT2D eigenvalue weighted by molar-refractivity contribution is 6.31. The molecule has 0 unspecified atom stereocenters. The first-order valence-electron chi connectivity index (χ1n) is 8.05. The van der Waals surface area contributed by atoms with E-state index in [2.05, 4.69) is 4.98 Å². The van der Waals surface area contributed by atoms with Crippen LogP contribution in [0.15, 0.2) is 67.0 Å². The molecule has 1 aromatic heterocycles. The summed E-state index contributed by atoms with van der Waals surface area (Å²) < 4.78 is 0. The standard InChI is InChI=1S/C21H18ClNO2/c22-21-4-2-1-3-17(21)13-19(25)12-15-5-6-20(18(11-15)14-24)16-7-9-23-10-8-16/h1-11,24H,12-14H2. The first-order valence-corrected chi connectivity index (χ1v) is 8.43. The predicted octanol–water partition coefficient (Wildman–Crippen LogP) is 4.25. The number of carbonyl (C=O) groups excluding carboxylic acids is 1. The fraction of sp³-hybridized carbons (Fsp3) is 0.143. The zero-order valence-corrected chi connectivity index (χ0v) is 14.4. The van der Waals surface area contributed by atoms with Crippen molar-refractivity contribution in [3.8, 4) is 11.1 Å². The van der Waals surface area contributed by atoms with Crippen molar-refractivity contribution in [2.24, 2.45) is 0 Å². The number of hydrogen-bond acceptors (Lipinski definition) is 3. The van der Waals surface area contributed by atoms with Gasteiger partial charge in [0.2, 0.25) is 0 Å².